The Balaban J connectivity index is 0.000000583. The van der Waals surface area contributed by atoms with Crippen LogP contribution in [0.3, 0.4) is 0 Å². The van der Waals surface area contributed by atoms with Crippen LogP contribution in [-0.2, 0) is 16.1 Å². The van der Waals surface area contributed by atoms with Crippen molar-refractivity contribution in [2.45, 2.75) is 26.1 Å². The van der Waals surface area contributed by atoms with Crippen molar-refractivity contribution in [2.75, 3.05) is 44.2 Å². The van der Waals surface area contributed by atoms with Gasteiger partial charge in [-0.15, -0.1) is 0 Å². The molecule has 1 aliphatic rings. The van der Waals surface area contributed by atoms with Crippen molar-refractivity contribution in [1.29, 1.82) is 0 Å². The smallest absolute Gasteiger partial charge is 0.422 e. The number of rotatable bonds is 10. The molecule has 0 aliphatic carbocycles. The van der Waals surface area contributed by atoms with Gasteiger partial charge in [0.25, 0.3) is 5.56 Å². The van der Waals surface area contributed by atoms with Crippen molar-refractivity contribution in [1.82, 2.24) is 14.0 Å². The quantitative estimate of drug-likeness (QED) is 0.329. The summed E-state index contributed by atoms with van der Waals surface area (Å²) in [6.45, 7) is 4.08. The number of halogens is 3. The third kappa shape index (κ3) is 10.2. The first kappa shape index (κ1) is 33.6. The summed E-state index contributed by atoms with van der Waals surface area (Å²) in [5, 5.41) is 15.6. The number of nitrogens with zero attached hydrogens (tertiary/aromatic N) is 4. The topological polar surface area (TPSA) is 134 Å². The second kappa shape index (κ2) is 15.6. The van der Waals surface area contributed by atoms with Gasteiger partial charge in [0.1, 0.15) is 5.75 Å². The first-order valence-corrected chi connectivity index (χ1v) is 13.6. The fraction of sp³-hybridized carbons (Fsp3) is 0.333. The van der Waals surface area contributed by atoms with E-state index in [9.17, 15) is 32.3 Å². The fourth-order valence-corrected chi connectivity index (χ4v) is 4.51. The number of alkyl halides is 3. The molecule has 11 nitrogen and oxygen atoms in total. The Bertz CT molecular complexity index is 1550. The lowest BCUT2D eigenvalue weighted by molar-refractivity contribution is -0.153. The minimum atomic E-state index is -4.39. The number of hydrogen-bond acceptors (Lipinski definition) is 7. The van der Waals surface area contributed by atoms with Gasteiger partial charge in [-0.3, -0.25) is 18.8 Å². The highest BCUT2D eigenvalue weighted by Crippen LogP contribution is 2.30. The summed E-state index contributed by atoms with van der Waals surface area (Å²) in [4.78, 5) is 49.0. The number of aryl methyl sites for hydroxylation is 1. The van der Waals surface area contributed by atoms with E-state index in [0.717, 1.165) is 0 Å². The number of benzene rings is 2. The molecule has 0 bridgehead atoms. The maximum atomic E-state index is 13.0. The van der Waals surface area contributed by atoms with Gasteiger partial charge in [0, 0.05) is 56.6 Å². The van der Waals surface area contributed by atoms with Crippen molar-refractivity contribution in [3.05, 3.63) is 99.3 Å². The van der Waals surface area contributed by atoms with Crippen LogP contribution < -0.4 is 20.9 Å². The first-order valence-electron chi connectivity index (χ1n) is 13.6. The molecule has 236 valence electrons. The zero-order chi connectivity index (χ0) is 32.3. The summed E-state index contributed by atoms with van der Waals surface area (Å²) in [6, 6.07) is 15.9. The Labute approximate surface area is 250 Å². The van der Waals surface area contributed by atoms with E-state index >= 15 is 0 Å². The van der Waals surface area contributed by atoms with Gasteiger partial charge in [0.15, 0.2) is 6.61 Å². The monoisotopic (exact) mass is 618 g/mol. The molecular weight excluding hydrogens is 585 g/mol. The molecule has 0 unspecified atom stereocenters. The van der Waals surface area contributed by atoms with Gasteiger partial charge in [0.2, 0.25) is 0 Å². The van der Waals surface area contributed by atoms with Gasteiger partial charge in [-0.1, -0.05) is 30.3 Å². The van der Waals surface area contributed by atoms with E-state index in [1.807, 2.05) is 35.2 Å². The molecule has 14 heteroatoms. The number of hydrogen-bond donors (Lipinski definition) is 2. The van der Waals surface area contributed by atoms with Crippen LogP contribution in [-0.4, -0.2) is 81.7 Å². The normalized spacial score (nSPS) is 13.8. The number of ether oxygens (including phenoxy) is 1. The highest BCUT2D eigenvalue weighted by Gasteiger charge is 2.29. The Hall–Kier alpha value is -4.85. The average molecular weight is 619 g/mol. The molecule has 0 amide bonds. The lowest BCUT2D eigenvalue weighted by Crippen LogP contribution is -2.47. The van der Waals surface area contributed by atoms with E-state index in [0.29, 0.717) is 74.8 Å². The molecule has 0 spiro atoms. The summed E-state index contributed by atoms with van der Waals surface area (Å²) >= 11 is 0. The van der Waals surface area contributed by atoms with Gasteiger partial charge in [0.05, 0.1) is 11.4 Å². The minimum Gasteiger partial charge on any atom is -0.482 e. The van der Waals surface area contributed by atoms with Crippen molar-refractivity contribution in [2.24, 2.45) is 0 Å². The molecule has 4 rings (SSSR count). The molecule has 2 aromatic carbocycles. The predicted molar refractivity (Wildman–Crippen MR) is 157 cm³/mol. The predicted octanol–water partition coefficient (Wildman–Crippen LogP) is 3.17. The van der Waals surface area contributed by atoms with E-state index in [1.165, 1.54) is 9.13 Å². The zero-order valence-corrected chi connectivity index (χ0v) is 23.9. The molecule has 1 fully saturated rings. The molecule has 1 aromatic heterocycles. The number of aliphatic carboxylic acids is 2. The zero-order valence-electron chi connectivity index (χ0n) is 23.9. The van der Waals surface area contributed by atoms with E-state index < -0.39 is 24.7 Å². The Kier molecular flexibility index (Phi) is 11.9. The van der Waals surface area contributed by atoms with Crippen LogP contribution in [0, 0.1) is 6.92 Å². The van der Waals surface area contributed by atoms with Crippen LogP contribution in [0.15, 0.2) is 82.5 Å². The Morgan fingerprint density at radius 3 is 2.07 bits per heavy atom. The summed E-state index contributed by atoms with van der Waals surface area (Å²) in [5.74, 6) is -2.29. The molecule has 3 aromatic rings. The number of anilines is 1. The van der Waals surface area contributed by atoms with Gasteiger partial charge in [-0.25, -0.2) is 14.4 Å². The lowest BCUT2D eigenvalue weighted by atomic mass is 10.2. The minimum absolute atomic E-state index is 0.219. The molecule has 0 radical (unpaired) electrons. The first-order chi connectivity index (χ1) is 20.9. The van der Waals surface area contributed by atoms with E-state index in [-0.39, 0.29) is 17.0 Å². The number of carboxylic acids is 2. The second-order valence-corrected chi connectivity index (χ2v) is 9.82. The average Bonchev–Trinajstić information content (AvgIpc) is 2.99. The molecule has 0 saturated carbocycles. The molecule has 44 heavy (non-hydrogen) atoms. The van der Waals surface area contributed by atoms with Crippen molar-refractivity contribution < 1.29 is 37.7 Å². The summed E-state index contributed by atoms with van der Waals surface area (Å²) in [7, 11) is 0. The Morgan fingerprint density at radius 2 is 1.48 bits per heavy atom. The number of para-hydroxylation sites is 3. The van der Waals surface area contributed by atoms with Crippen molar-refractivity contribution in [3.63, 3.8) is 0 Å². The van der Waals surface area contributed by atoms with Gasteiger partial charge in [-0.05, 0) is 44.2 Å². The molecule has 1 saturated heterocycles. The van der Waals surface area contributed by atoms with Crippen molar-refractivity contribution >= 4 is 17.6 Å². The number of carbonyl (C=O) groups is 2. The van der Waals surface area contributed by atoms with E-state index in [4.69, 9.17) is 14.9 Å². The molecule has 2 N–H and O–H groups in total. The largest absolute Gasteiger partial charge is 0.482 e. The van der Waals surface area contributed by atoms with Gasteiger partial charge >= 0.3 is 23.8 Å². The van der Waals surface area contributed by atoms with Crippen LogP contribution in [0.2, 0.25) is 0 Å². The number of carboxylic acid groups (broad SMARTS) is 2. The van der Waals surface area contributed by atoms with E-state index in [1.54, 1.807) is 37.4 Å². The molecule has 0 atom stereocenters. The maximum absolute atomic E-state index is 13.0. The lowest BCUT2D eigenvalue weighted by Gasteiger charge is -2.36. The maximum Gasteiger partial charge on any atom is 0.422 e. The standard InChI is InChI=1S/C26H29F3N4O3.C4H4O4/c1-20-18-33(21-8-3-2-4-9-21)25(35)32(24(20)34)13-7-12-30-14-16-31(17-15-30)22-10-5-6-11-23(22)36-19-26(27,28)29;5-3(6)1-2-4(7)8/h2-6,8-11,18H,7,12-17,19H2,1H3;1-2H,(H,5,6)(H,7,8). The highest BCUT2D eigenvalue weighted by molar-refractivity contribution is 5.89. The molecule has 1 aliphatic heterocycles. The van der Waals surface area contributed by atoms with Crippen LogP contribution in [0.4, 0.5) is 18.9 Å². The number of aromatic nitrogens is 2. The third-order valence-corrected chi connectivity index (χ3v) is 6.57. The number of piperazine rings is 1. The van der Waals surface area contributed by atoms with Crippen molar-refractivity contribution in [3.8, 4) is 11.4 Å². The van der Waals surface area contributed by atoms with Crippen LogP contribution in [0.5, 0.6) is 5.75 Å². The summed E-state index contributed by atoms with van der Waals surface area (Å²) in [5.41, 5.74) is 1.20. The SMILES string of the molecule is Cc1cn(-c2ccccc2)c(=O)n(CCCN2CCN(c3ccccc3OCC(F)(F)F)CC2)c1=O.O=C(O)C=CC(=O)O. The second-order valence-electron chi connectivity index (χ2n) is 9.82. The molecule has 2 heterocycles. The fourth-order valence-electron chi connectivity index (χ4n) is 4.51. The Morgan fingerprint density at radius 1 is 0.886 bits per heavy atom. The van der Waals surface area contributed by atoms with Crippen LogP contribution >= 0.6 is 0 Å². The summed E-state index contributed by atoms with van der Waals surface area (Å²) < 4.78 is 45.6. The van der Waals surface area contributed by atoms with Crippen LogP contribution in [0.1, 0.15) is 12.0 Å². The summed E-state index contributed by atoms with van der Waals surface area (Å²) in [6.07, 6.45) is -1.08. The molecular formula is C30H33F3N4O7. The third-order valence-electron chi connectivity index (χ3n) is 6.57. The van der Waals surface area contributed by atoms with Crippen LogP contribution in [0.25, 0.3) is 5.69 Å². The van der Waals surface area contributed by atoms with Gasteiger partial charge in [-0.2, -0.15) is 13.2 Å². The highest BCUT2D eigenvalue weighted by atomic mass is 19.4. The van der Waals surface area contributed by atoms with E-state index in [2.05, 4.69) is 4.90 Å². The van der Waals surface area contributed by atoms with Gasteiger partial charge < -0.3 is 19.8 Å².